The van der Waals surface area contributed by atoms with E-state index in [1.807, 2.05) is 60.7 Å². The Kier molecular flexibility index (Phi) is 6.62. The molecule has 0 aromatic heterocycles. The van der Waals surface area contributed by atoms with Crippen LogP contribution >= 0.6 is 22.7 Å². The Morgan fingerprint density at radius 1 is 1.08 bits per heavy atom. The molecule has 3 atom stereocenters. The number of halogens is 3. The van der Waals surface area contributed by atoms with Crippen LogP contribution in [-0.4, -0.2) is 40.3 Å². The summed E-state index contributed by atoms with van der Waals surface area (Å²) in [6.45, 7) is 0. The fraction of sp³-hybridized carbons (Fsp3) is 0.200. The first kappa shape index (κ1) is 24.5. The Morgan fingerprint density at radius 3 is 2.28 bits per heavy atom. The molecule has 3 unspecified atom stereocenters. The molecule has 188 valence electrons. The zero-order valence-corrected chi connectivity index (χ0v) is 20.3. The number of fused-ring (bicyclic) bond motifs is 1. The molecule has 3 aliphatic rings. The molecule has 3 aliphatic heterocycles. The van der Waals surface area contributed by atoms with Gasteiger partial charge in [0.2, 0.25) is 5.91 Å². The smallest absolute Gasteiger partial charge is 0.448 e. The van der Waals surface area contributed by atoms with Crippen molar-refractivity contribution in [3.05, 3.63) is 105 Å². The van der Waals surface area contributed by atoms with Crippen molar-refractivity contribution in [1.82, 2.24) is 4.90 Å². The number of allylic oxidation sites excluding steroid dienone is 2. The second-order valence-electron chi connectivity index (χ2n) is 8.10. The van der Waals surface area contributed by atoms with Crippen LogP contribution in [0.5, 0.6) is 0 Å². The number of nitrogens with zero attached hydrogens (tertiary/aromatic N) is 1. The molecular weight excluding hydrogens is 513 g/mol. The molecule has 6 nitrogen and oxygen atoms in total. The number of benzene rings is 2. The molecule has 36 heavy (non-hydrogen) atoms. The van der Waals surface area contributed by atoms with Gasteiger partial charge in [-0.1, -0.05) is 66.7 Å². The molecule has 1 saturated heterocycles. The van der Waals surface area contributed by atoms with Gasteiger partial charge in [-0.2, -0.15) is 0 Å². The molecule has 0 spiro atoms. The molecule has 0 saturated carbocycles. The zero-order valence-electron chi connectivity index (χ0n) is 18.6. The van der Waals surface area contributed by atoms with Gasteiger partial charge in [0.15, 0.2) is 11.2 Å². The lowest BCUT2D eigenvalue weighted by Crippen LogP contribution is -2.68. The summed E-state index contributed by atoms with van der Waals surface area (Å²) in [7, 11) is -1.78. The molecule has 11 heteroatoms. The highest BCUT2D eigenvalue weighted by molar-refractivity contribution is 8.26. The Labute approximate surface area is 212 Å². The fourth-order valence-electron chi connectivity index (χ4n) is 4.21. The van der Waals surface area contributed by atoms with Crippen LogP contribution in [-0.2, 0) is 19.1 Å². The number of β-lactam (4-membered cyclic amide) rings is 1. The van der Waals surface area contributed by atoms with Crippen LogP contribution in [0.2, 0.25) is 0 Å². The van der Waals surface area contributed by atoms with Crippen LogP contribution in [0.4, 0.5) is 13.2 Å². The van der Waals surface area contributed by atoms with Gasteiger partial charge in [0.05, 0.1) is 0 Å². The molecule has 2 N–H and O–H groups in total. The van der Waals surface area contributed by atoms with Gasteiger partial charge in [-0.3, -0.25) is 9.69 Å². The third-order valence-electron chi connectivity index (χ3n) is 5.83. The molecule has 2 aromatic rings. The number of hydrogen-bond acceptors (Lipinski definition) is 6. The van der Waals surface area contributed by atoms with Crippen LogP contribution in [0.3, 0.4) is 0 Å². The highest BCUT2D eigenvalue weighted by Gasteiger charge is 2.53. The van der Waals surface area contributed by atoms with Gasteiger partial charge in [-0.15, -0.1) is 35.8 Å². The second kappa shape index (κ2) is 9.72. The third kappa shape index (κ3) is 4.65. The Morgan fingerprint density at radius 2 is 1.69 bits per heavy atom. The lowest BCUT2D eigenvalue weighted by molar-refractivity contribution is -0.300. The first-order valence-electron chi connectivity index (χ1n) is 10.9. The maximum absolute atomic E-state index is 13.7. The van der Waals surface area contributed by atoms with E-state index in [2.05, 4.69) is 4.74 Å². The van der Waals surface area contributed by atoms with Gasteiger partial charge < -0.3 is 15.2 Å². The van der Waals surface area contributed by atoms with Crippen LogP contribution in [0, 0.1) is 0 Å². The summed E-state index contributed by atoms with van der Waals surface area (Å²) in [6.07, 6.45) is -2.99. The molecule has 2 aromatic carbocycles. The van der Waals surface area contributed by atoms with Gasteiger partial charge in [-0.05, 0) is 22.6 Å². The summed E-state index contributed by atoms with van der Waals surface area (Å²) in [5, 5.41) is 0.765. The maximum atomic E-state index is 13.7. The Balaban J connectivity index is 1.54. The van der Waals surface area contributed by atoms with Gasteiger partial charge in [-0.25, -0.2) is 4.79 Å². The molecule has 1 fully saturated rings. The first-order valence-corrected chi connectivity index (χ1v) is 13.4. The van der Waals surface area contributed by atoms with E-state index in [0.29, 0.717) is 16.0 Å². The minimum Gasteiger partial charge on any atom is -0.448 e. The van der Waals surface area contributed by atoms with Gasteiger partial charge >= 0.3 is 12.3 Å². The average Bonchev–Trinajstić information content (AvgIpc) is 3.33. The summed E-state index contributed by atoms with van der Waals surface area (Å²) >= 11 is 1.31. The number of thioether (sulfide) groups is 1. The largest absolute Gasteiger partial charge is 0.573 e. The van der Waals surface area contributed by atoms with E-state index in [1.54, 1.807) is 5.41 Å². The third-order valence-corrected chi connectivity index (χ3v) is 9.49. The minimum atomic E-state index is -4.88. The predicted molar refractivity (Wildman–Crippen MR) is 132 cm³/mol. The van der Waals surface area contributed by atoms with Gasteiger partial charge in [0.25, 0.3) is 0 Å². The van der Waals surface area contributed by atoms with Crippen LogP contribution < -0.4 is 5.73 Å². The summed E-state index contributed by atoms with van der Waals surface area (Å²) in [6, 6.07) is 17.4. The number of amides is 1. The topological polar surface area (TPSA) is 81.9 Å². The van der Waals surface area contributed by atoms with Crippen molar-refractivity contribution in [2.45, 2.75) is 23.9 Å². The van der Waals surface area contributed by atoms with E-state index in [1.165, 1.54) is 28.8 Å². The average molecular weight is 535 g/mol. The highest BCUT2D eigenvalue weighted by atomic mass is 32.2. The minimum absolute atomic E-state index is 0.0587. The summed E-state index contributed by atoms with van der Waals surface area (Å²) in [5.41, 5.74) is 7.31. The normalized spacial score (nSPS) is 24.4. The Bertz CT molecular complexity index is 1230. The Hall–Kier alpha value is -3.15. The summed E-state index contributed by atoms with van der Waals surface area (Å²) < 4.78 is 49.4. The number of alkyl halides is 3. The van der Waals surface area contributed by atoms with Crippen molar-refractivity contribution in [2.75, 3.05) is 5.75 Å². The maximum Gasteiger partial charge on any atom is 0.573 e. The van der Waals surface area contributed by atoms with Crippen LogP contribution in [0.1, 0.15) is 17.2 Å². The number of nitrogens with two attached hydrogens (primary N) is 1. The van der Waals surface area contributed by atoms with Crippen molar-refractivity contribution in [2.24, 2.45) is 5.73 Å². The number of thiol groups is 1. The molecule has 3 heterocycles. The first-order chi connectivity index (χ1) is 17.2. The van der Waals surface area contributed by atoms with E-state index in [0.717, 1.165) is 0 Å². The van der Waals surface area contributed by atoms with Gasteiger partial charge in [0.1, 0.15) is 17.1 Å². The van der Waals surface area contributed by atoms with Crippen molar-refractivity contribution >= 4 is 34.5 Å². The van der Waals surface area contributed by atoms with Gasteiger partial charge in [0, 0.05) is 10.7 Å². The van der Waals surface area contributed by atoms with Crippen molar-refractivity contribution in [3.8, 4) is 0 Å². The molecule has 0 radical (unpaired) electrons. The van der Waals surface area contributed by atoms with Crippen LogP contribution in [0.25, 0.3) is 0 Å². The summed E-state index contributed by atoms with van der Waals surface area (Å²) in [4.78, 5) is 28.1. The van der Waals surface area contributed by atoms with Crippen molar-refractivity contribution in [3.63, 3.8) is 0 Å². The quantitative estimate of drug-likeness (QED) is 0.318. The second-order valence-corrected chi connectivity index (χ2v) is 11.2. The lowest BCUT2D eigenvalue weighted by atomic mass is 10.0. The molecule has 0 bridgehead atoms. The standard InChI is InChI=1S/C25H21F3N2O4S2/c26-25(27,28)34-18-12-7-13-36(18)17-14-35-23-19(29)22(31)30(23)20(17)24(32)33-21(15-8-3-1-4-9-15)16-10-5-2-6-11-16/h1-13,19,21,23,36H,14,29H2. The molecular formula is C25H21F3N2O4S2. The van der Waals surface area contributed by atoms with Crippen molar-refractivity contribution in [1.29, 1.82) is 0 Å². The van der Waals surface area contributed by atoms with Crippen molar-refractivity contribution < 1.29 is 32.2 Å². The van der Waals surface area contributed by atoms with E-state index in [9.17, 15) is 22.8 Å². The number of carbonyl (C=O) groups excluding carboxylic acids is 2. The van der Waals surface area contributed by atoms with Crippen LogP contribution in [0.15, 0.2) is 93.9 Å². The number of ether oxygens (including phenoxy) is 2. The zero-order chi connectivity index (χ0) is 25.4. The fourth-order valence-corrected chi connectivity index (χ4v) is 7.86. The molecule has 1 amide bonds. The SMILES string of the molecule is NC1C(=O)N2C(C(=O)OC(c3ccccc3)c3ccccc3)=C([SH]3C=CC=C3OC(F)(F)F)CSC12. The monoisotopic (exact) mass is 534 g/mol. The number of rotatable bonds is 6. The predicted octanol–water partition coefficient (Wildman–Crippen LogP) is 4.68. The molecule has 5 rings (SSSR count). The number of carbonyl (C=O) groups is 2. The highest BCUT2D eigenvalue weighted by Crippen LogP contribution is 2.56. The van der Waals surface area contributed by atoms with E-state index >= 15 is 0 Å². The number of esters is 1. The van der Waals surface area contributed by atoms with E-state index in [-0.39, 0.29) is 16.5 Å². The van der Waals surface area contributed by atoms with E-state index in [4.69, 9.17) is 10.5 Å². The summed E-state index contributed by atoms with van der Waals surface area (Å²) in [5.74, 6) is -1.07. The lowest BCUT2D eigenvalue weighted by Gasteiger charge is -2.49. The number of hydrogen-bond donors (Lipinski definition) is 2. The molecule has 0 aliphatic carbocycles. The van der Waals surface area contributed by atoms with E-state index < -0.39 is 46.7 Å².